The first-order valence-electron chi connectivity index (χ1n) is 7.72. The van der Waals surface area contributed by atoms with Gasteiger partial charge in [0.1, 0.15) is 18.3 Å². The molecule has 7 nitrogen and oxygen atoms in total. The van der Waals surface area contributed by atoms with E-state index in [0.29, 0.717) is 0 Å². The molecule has 0 aliphatic carbocycles. The monoisotopic (exact) mass is 358 g/mol. The standard InChI is InChI=1S/C16H22O7S/c1-10-5-7-11(8-6-10)24(17,18)20-9-12-13(19-4)14-15(21-12)23-16(2,3)22-14/h5-8,12-15H,9H2,1-4H3/t12-,13-,14+,15+/m0/s1. The zero-order chi connectivity index (χ0) is 17.5. The summed E-state index contributed by atoms with van der Waals surface area (Å²) in [7, 11) is -2.34. The van der Waals surface area contributed by atoms with E-state index in [0.717, 1.165) is 5.56 Å². The molecule has 4 atom stereocenters. The molecule has 134 valence electrons. The Kier molecular flexibility index (Phi) is 4.71. The predicted octanol–water partition coefficient (Wildman–Crippen LogP) is 1.59. The van der Waals surface area contributed by atoms with E-state index in [4.69, 9.17) is 23.1 Å². The second-order valence-corrected chi connectivity index (χ2v) is 8.01. The summed E-state index contributed by atoms with van der Waals surface area (Å²) < 4.78 is 52.2. The van der Waals surface area contributed by atoms with Gasteiger partial charge in [0, 0.05) is 7.11 Å². The van der Waals surface area contributed by atoms with Crippen LogP contribution in [0.4, 0.5) is 0 Å². The van der Waals surface area contributed by atoms with Crippen LogP contribution >= 0.6 is 0 Å². The van der Waals surface area contributed by atoms with Crippen molar-refractivity contribution in [1.82, 2.24) is 0 Å². The normalized spacial score (nSPS) is 32.0. The van der Waals surface area contributed by atoms with Crippen LogP contribution in [-0.2, 0) is 33.2 Å². The third-order valence-corrected chi connectivity index (χ3v) is 5.35. The van der Waals surface area contributed by atoms with Gasteiger partial charge in [-0.2, -0.15) is 8.42 Å². The van der Waals surface area contributed by atoms with Gasteiger partial charge in [0.2, 0.25) is 0 Å². The summed E-state index contributed by atoms with van der Waals surface area (Å²) in [4.78, 5) is 0.105. The molecule has 8 heteroatoms. The largest absolute Gasteiger partial charge is 0.376 e. The number of aryl methyl sites for hydroxylation is 1. The maximum Gasteiger partial charge on any atom is 0.297 e. The summed E-state index contributed by atoms with van der Waals surface area (Å²) in [5.74, 6) is -0.758. The van der Waals surface area contributed by atoms with Crippen molar-refractivity contribution in [1.29, 1.82) is 0 Å². The molecule has 0 amide bonds. The predicted molar refractivity (Wildman–Crippen MR) is 83.8 cm³/mol. The number of hydrogen-bond acceptors (Lipinski definition) is 7. The lowest BCUT2D eigenvalue weighted by atomic mass is 10.1. The van der Waals surface area contributed by atoms with Crippen LogP contribution in [0.25, 0.3) is 0 Å². The maximum absolute atomic E-state index is 12.3. The van der Waals surface area contributed by atoms with Gasteiger partial charge in [-0.15, -0.1) is 0 Å². The van der Waals surface area contributed by atoms with Crippen LogP contribution in [0, 0.1) is 6.92 Å². The quantitative estimate of drug-likeness (QED) is 0.740. The van der Waals surface area contributed by atoms with Crippen LogP contribution in [0.3, 0.4) is 0 Å². The zero-order valence-electron chi connectivity index (χ0n) is 14.1. The van der Waals surface area contributed by atoms with Gasteiger partial charge in [0.05, 0.1) is 11.5 Å². The summed E-state index contributed by atoms with van der Waals surface area (Å²) in [6.07, 6.45) is -2.08. The van der Waals surface area contributed by atoms with Crippen molar-refractivity contribution in [3.8, 4) is 0 Å². The van der Waals surface area contributed by atoms with Crippen LogP contribution in [0.15, 0.2) is 29.2 Å². The summed E-state index contributed by atoms with van der Waals surface area (Å²) in [6, 6.07) is 6.46. The van der Waals surface area contributed by atoms with Crippen molar-refractivity contribution in [2.24, 2.45) is 0 Å². The summed E-state index contributed by atoms with van der Waals surface area (Å²) in [6.45, 7) is 5.28. The second-order valence-electron chi connectivity index (χ2n) is 6.40. The van der Waals surface area contributed by atoms with E-state index < -0.39 is 40.5 Å². The van der Waals surface area contributed by atoms with Gasteiger partial charge in [-0.1, -0.05) is 17.7 Å². The van der Waals surface area contributed by atoms with Crippen molar-refractivity contribution < 1.29 is 31.5 Å². The van der Waals surface area contributed by atoms with Crippen LogP contribution < -0.4 is 0 Å². The first-order valence-corrected chi connectivity index (χ1v) is 9.13. The Bertz CT molecular complexity index is 683. The summed E-state index contributed by atoms with van der Waals surface area (Å²) in [5, 5.41) is 0. The van der Waals surface area contributed by atoms with E-state index in [1.54, 1.807) is 26.0 Å². The summed E-state index contributed by atoms with van der Waals surface area (Å²) >= 11 is 0. The Morgan fingerprint density at radius 3 is 2.46 bits per heavy atom. The lowest BCUT2D eigenvalue weighted by molar-refractivity contribution is -0.219. The SMILES string of the molecule is CO[C@@H]1[C@H]2OC(C)(C)O[C@H]2O[C@H]1COS(=O)(=O)c1ccc(C)cc1. The number of fused-ring (bicyclic) bond motifs is 1. The van der Waals surface area contributed by atoms with E-state index in [2.05, 4.69) is 0 Å². The molecule has 3 rings (SSSR count). The van der Waals surface area contributed by atoms with Gasteiger partial charge < -0.3 is 18.9 Å². The molecule has 2 aliphatic heterocycles. The molecule has 0 bridgehead atoms. The van der Waals surface area contributed by atoms with E-state index >= 15 is 0 Å². The highest BCUT2D eigenvalue weighted by Gasteiger charge is 2.55. The fourth-order valence-corrected chi connectivity index (χ4v) is 3.81. The Balaban J connectivity index is 1.66. The number of hydrogen-bond donors (Lipinski definition) is 0. The molecule has 2 saturated heterocycles. The molecule has 24 heavy (non-hydrogen) atoms. The highest BCUT2D eigenvalue weighted by molar-refractivity contribution is 7.86. The number of methoxy groups -OCH3 is 1. The van der Waals surface area contributed by atoms with E-state index in [-0.39, 0.29) is 11.5 Å². The van der Waals surface area contributed by atoms with Crippen LogP contribution in [-0.4, -0.2) is 52.5 Å². The highest BCUT2D eigenvalue weighted by Crippen LogP contribution is 2.38. The van der Waals surface area contributed by atoms with E-state index in [9.17, 15) is 8.42 Å². The molecule has 0 aromatic heterocycles. The van der Waals surface area contributed by atoms with Crippen LogP contribution in [0.1, 0.15) is 19.4 Å². The molecule has 1 aromatic rings. The van der Waals surface area contributed by atoms with Gasteiger partial charge in [-0.25, -0.2) is 0 Å². The Morgan fingerprint density at radius 1 is 1.17 bits per heavy atom. The van der Waals surface area contributed by atoms with Crippen molar-refractivity contribution in [3.05, 3.63) is 29.8 Å². The van der Waals surface area contributed by atoms with Crippen LogP contribution in [0.2, 0.25) is 0 Å². The molecule has 0 spiro atoms. The molecular weight excluding hydrogens is 336 g/mol. The molecule has 0 saturated carbocycles. The van der Waals surface area contributed by atoms with E-state index in [1.165, 1.54) is 19.2 Å². The van der Waals surface area contributed by atoms with Gasteiger partial charge >= 0.3 is 0 Å². The molecule has 1 aromatic carbocycles. The highest BCUT2D eigenvalue weighted by atomic mass is 32.2. The van der Waals surface area contributed by atoms with Gasteiger partial charge in [-0.05, 0) is 32.9 Å². The van der Waals surface area contributed by atoms with Gasteiger partial charge in [0.25, 0.3) is 10.1 Å². The minimum Gasteiger partial charge on any atom is -0.376 e. The molecule has 2 fully saturated rings. The third-order valence-electron chi connectivity index (χ3n) is 4.06. The molecule has 0 unspecified atom stereocenters. The van der Waals surface area contributed by atoms with Crippen molar-refractivity contribution in [3.63, 3.8) is 0 Å². The third kappa shape index (κ3) is 3.49. The first-order chi connectivity index (χ1) is 11.2. The average molecular weight is 358 g/mol. The number of benzene rings is 1. The Morgan fingerprint density at radius 2 is 1.83 bits per heavy atom. The zero-order valence-corrected chi connectivity index (χ0v) is 14.9. The van der Waals surface area contributed by atoms with Crippen molar-refractivity contribution in [2.75, 3.05) is 13.7 Å². The smallest absolute Gasteiger partial charge is 0.297 e. The lowest BCUT2D eigenvalue weighted by Crippen LogP contribution is -2.38. The summed E-state index contributed by atoms with van der Waals surface area (Å²) in [5.41, 5.74) is 0.970. The first kappa shape index (κ1) is 17.8. The Hall–Kier alpha value is -1.03. The molecule has 0 radical (unpaired) electrons. The van der Waals surface area contributed by atoms with E-state index in [1.807, 2.05) is 6.92 Å². The van der Waals surface area contributed by atoms with Gasteiger partial charge in [-0.3, -0.25) is 4.18 Å². The molecule has 2 aliphatic rings. The maximum atomic E-state index is 12.3. The number of rotatable bonds is 5. The topological polar surface area (TPSA) is 80.3 Å². The molecule has 2 heterocycles. The number of ether oxygens (including phenoxy) is 4. The molecular formula is C16H22O7S. The van der Waals surface area contributed by atoms with Crippen LogP contribution in [0.5, 0.6) is 0 Å². The average Bonchev–Trinajstić information content (AvgIpc) is 2.96. The second kappa shape index (κ2) is 6.36. The van der Waals surface area contributed by atoms with Crippen molar-refractivity contribution >= 4 is 10.1 Å². The fraction of sp³-hybridized carbons (Fsp3) is 0.625. The lowest BCUT2D eigenvalue weighted by Gasteiger charge is -2.24. The van der Waals surface area contributed by atoms with Gasteiger partial charge in [0.15, 0.2) is 12.1 Å². The van der Waals surface area contributed by atoms with Crippen molar-refractivity contribution in [2.45, 2.75) is 56.1 Å². The molecule has 0 N–H and O–H groups in total. The minimum atomic E-state index is -3.86. The fourth-order valence-electron chi connectivity index (χ4n) is 2.90. The Labute approximate surface area is 141 Å². The minimum absolute atomic E-state index is 0.105.